The van der Waals surface area contributed by atoms with Crippen molar-refractivity contribution in [2.24, 2.45) is 0 Å². The first kappa shape index (κ1) is 18.6. The van der Waals surface area contributed by atoms with Crippen molar-refractivity contribution in [1.29, 1.82) is 0 Å². The molecule has 10 heteroatoms. The van der Waals surface area contributed by atoms with Crippen molar-refractivity contribution in [3.8, 4) is 28.5 Å². The summed E-state index contributed by atoms with van der Waals surface area (Å²) >= 11 is 0. The maximum Gasteiger partial charge on any atom is 0.534 e. The number of hydrogen-bond acceptors (Lipinski definition) is 5. The Balaban J connectivity index is 1.77. The lowest BCUT2D eigenvalue weighted by molar-refractivity contribution is -0.0500. The molecule has 0 amide bonds. The van der Waals surface area contributed by atoms with Crippen LogP contribution in [0, 0.1) is 5.82 Å². The quantitative estimate of drug-likeness (QED) is 0.158. The molecule has 4 aromatic rings. The summed E-state index contributed by atoms with van der Waals surface area (Å²) < 4.78 is 84.5. The lowest BCUT2D eigenvalue weighted by atomic mass is 9.97. The van der Waals surface area contributed by atoms with E-state index in [0.29, 0.717) is 44.4 Å². The van der Waals surface area contributed by atoms with Gasteiger partial charge in [0.1, 0.15) is 23.1 Å². The van der Waals surface area contributed by atoms with Gasteiger partial charge in [0.05, 0.1) is 16.6 Å². The van der Waals surface area contributed by atoms with Crippen molar-refractivity contribution in [3.05, 3.63) is 60.4 Å². The molecule has 0 spiro atoms. The Morgan fingerprint density at radius 1 is 0.933 bits per heavy atom. The van der Waals surface area contributed by atoms with E-state index in [0.717, 1.165) is 12.1 Å². The van der Waals surface area contributed by atoms with Crippen LogP contribution in [0.5, 0.6) is 17.2 Å². The van der Waals surface area contributed by atoms with Gasteiger partial charge in [0.15, 0.2) is 0 Å². The van der Waals surface area contributed by atoms with E-state index in [1.807, 2.05) is 0 Å². The Labute approximate surface area is 166 Å². The summed E-state index contributed by atoms with van der Waals surface area (Å²) in [6.07, 6.45) is 0. The summed E-state index contributed by atoms with van der Waals surface area (Å²) in [6, 6.07) is 12.6. The molecule has 0 fully saturated rings. The predicted molar refractivity (Wildman–Crippen MR) is 100 cm³/mol. The summed E-state index contributed by atoms with van der Waals surface area (Å²) in [4.78, 5) is 4.53. The topological polar surface area (TPSA) is 65.5 Å². The maximum absolute atomic E-state index is 13.8. The fourth-order valence-electron chi connectivity index (χ4n) is 3.40. The minimum atomic E-state index is -5.81. The van der Waals surface area contributed by atoms with Crippen LogP contribution in [0.3, 0.4) is 0 Å². The molecule has 152 valence electrons. The van der Waals surface area contributed by atoms with E-state index in [1.54, 1.807) is 18.2 Å². The van der Waals surface area contributed by atoms with Crippen LogP contribution < -0.4 is 8.92 Å². The molecule has 1 aliphatic rings. The molecule has 0 atom stereocenters. The lowest BCUT2D eigenvalue weighted by Gasteiger charge is -2.21. The van der Waals surface area contributed by atoms with Gasteiger partial charge in [-0.2, -0.15) is 21.6 Å². The third-order valence-corrected chi connectivity index (χ3v) is 5.64. The van der Waals surface area contributed by atoms with E-state index in [4.69, 9.17) is 4.74 Å². The van der Waals surface area contributed by atoms with Gasteiger partial charge in [0, 0.05) is 10.9 Å². The Morgan fingerprint density at radius 2 is 1.73 bits per heavy atom. The molecule has 0 N–H and O–H groups in total. The Hall–Kier alpha value is -3.40. The molecule has 0 aliphatic carbocycles. The van der Waals surface area contributed by atoms with Crippen molar-refractivity contribution >= 4 is 31.8 Å². The molecule has 0 radical (unpaired) electrons. The Morgan fingerprint density at radius 3 is 2.50 bits per heavy atom. The number of halogens is 4. The predicted octanol–water partition coefficient (Wildman–Crippen LogP) is 5.53. The van der Waals surface area contributed by atoms with Crippen LogP contribution in [0.1, 0.15) is 0 Å². The molecule has 0 saturated heterocycles. The largest absolute Gasteiger partial charge is 0.534 e. The number of nitrogens with zero attached hydrogens (tertiary/aromatic N) is 1. The Kier molecular flexibility index (Phi) is 3.75. The van der Waals surface area contributed by atoms with Crippen LogP contribution in [-0.4, -0.2) is 18.9 Å². The molecule has 3 aromatic carbocycles. The highest BCUT2D eigenvalue weighted by Crippen LogP contribution is 2.47. The fraction of sp³-hybridized carbons (Fsp3) is 0.0500. The monoisotopic (exact) mass is 435 g/mol. The van der Waals surface area contributed by atoms with Gasteiger partial charge in [0.2, 0.25) is 0 Å². The van der Waals surface area contributed by atoms with Gasteiger partial charge in [-0.05, 0) is 47.9 Å². The number of ether oxygens (including phenoxy) is 1. The molecule has 1 aliphatic heterocycles. The van der Waals surface area contributed by atoms with Gasteiger partial charge in [-0.25, -0.2) is 9.37 Å². The van der Waals surface area contributed by atoms with Crippen molar-refractivity contribution in [3.63, 3.8) is 0 Å². The zero-order valence-electron chi connectivity index (χ0n) is 14.7. The highest BCUT2D eigenvalue weighted by Gasteiger charge is 2.48. The van der Waals surface area contributed by atoms with Gasteiger partial charge in [-0.3, -0.25) is 0 Å². The highest BCUT2D eigenvalue weighted by molar-refractivity contribution is 7.88. The molecule has 1 aromatic heterocycles. The number of aromatic nitrogens is 1. The zero-order chi connectivity index (χ0) is 21.3. The van der Waals surface area contributed by atoms with Crippen LogP contribution in [0.4, 0.5) is 17.6 Å². The number of pyridine rings is 1. The summed E-state index contributed by atoms with van der Waals surface area (Å²) in [5, 5.41) is 1.42. The lowest BCUT2D eigenvalue weighted by Crippen LogP contribution is -2.28. The maximum atomic E-state index is 13.8. The van der Waals surface area contributed by atoms with Crippen LogP contribution >= 0.6 is 0 Å². The first-order valence-corrected chi connectivity index (χ1v) is 9.90. The zero-order valence-corrected chi connectivity index (χ0v) is 15.5. The molecule has 5 rings (SSSR count). The van der Waals surface area contributed by atoms with E-state index < -0.39 is 27.2 Å². The van der Waals surface area contributed by atoms with Crippen molar-refractivity contribution in [2.45, 2.75) is 5.51 Å². The van der Waals surface area contributed by atoms with Crippen LogP contribution in [0.2, 0.25) is 0 Å². The van der Waals surface area contributed by atoms with Gasteiger partial charge < -0.3 is 8.92 Å². The standard InChI is InChI=1S/C20H9F4NO4S/c21-10-4-7-16-14(8-10)19-18-12(2-1-3-17(18)28-16)13-9-11(5-6-15(13)25-19)29-30(26,27)20(22,23)24/h1-9H. The minimum Gasteiger partial charge on any atom is -0.456 e. The SMILES string of the molecule is O=S(=O)(Oc1ccc2nc3c4c(cccc4c2c1)Oc1ccc(F)cc1-3)C(F)(F)F. The third-order valence-electron chi connectivity index (χ3n) is 4.66. The summed E-state index contributed by atoms with van der Waals surface area (Å²) in [7, 11) is -5.81. The van der Waals surface area contributed by atoms with Crippen molar-refractivity contribution < 1.29 is 34.9 Å². The van der Waals surface area contributed by atoms with Gasteiger partial charge in [-0.15, -0.1) is 0 Å². The second-order valence-corrected chi connectivity index (χ2v) is 8.08. The van der Waals surface area contributed by atoms with Gasteiger partial charge in [0.25, 0.3) is 0 Å². The Bertz CT molecular complexity index is 1470. The minimum absolute atomic E-state index is 0.355. The first-order chi connectivity index (χ1) is 14.1. The molecule has 0 saturated carbocycles. The number of fused-ring (bicyclic) bond motifs is 4. The highest BCUT2D eigenvalue weighted by atomic mass is 32.2. The molecule has 0 bridgehead atoms. The van der Waals surface area contributed by atoms with E-state index in [2.05, 4.69) is 9.17 Å². The summed E-state index contributed by atoms with van der Waals surface area (Å²) in [6.45, 7) is 0. The molecule has 5 nitrogen and oxygen atoms in total. The second-order valence-electron chi connectivity index (χ2n) is 6.54. The smallest absolute Gasteiger partial charge is 0.456 e. The van der Waals surface area contributed by atoms with Crippen LogP contribution in [0.25, 0.3) is 32.9 Å². The number of benzene rings is 3. The average Bonchev–Trinajstić information content (AvgIpc) is 2.68. The molecule has 0 unspecified atom stereocenters. The van der Waals surface area contributed by atoms with Gasteiger partial charge in [-0.1, -0.05) is 12.1 Å². The number of rotatable bonds is 2. The molecular weight excluding hydrogens is 426 g/mol. The van der Waals surface area contributed by atoms with Gasteiger partial charge >= 0.3 is 15.6 Å². The number of hydrogen-bond donors (Lipinski definition) is 0. The molecule has 30 heavy (non-hydrogen) atoms. The number of alkyl halides is 3. The van der Waals surface area contributed by atoms with E-state index in [1.165, 1.54) is 24.3 Å². The molecule has 2 heterocycles. The van der Waals surface area contributed by atoms with E-state index >= 15 is 0 Å². The normalized spacial score (nSPS) is 13.2. The molecular formula is C20H9F4NO4S. The summed E-state index contributed by atoms with van der Waals surface area (Å²) in [5.41, 5.74) is -4.31. The average molecular weight is 435 g/mol. The third kappa shape index (κ3) is 2.75. The van der Waals surface area contributed by atoms with Crippen LogP contribution in [0.15, 0.2) is 54.6 Å². The fourth-order valence-corrected chi connectivity index (χ4v) is 3.86. The van der Waals surface area contributed by atoms with E-state index in [-0.39, 0.29) is 0 Å². The first-order valence-electron chi connectivity index (χ1n) is 8.49. The van der Waals surface area contributed by atoms with Crippen LogP contribution in [-0.2, 0) is 10.1 Å². The van der Waals surface area contributed by atoms with Crippen molar-refractivity contribution in [1.82, 2.24) is 4.98 Å². The van der Waals surface area contributed by atoms with E-state index in [9.17, 15) is 26.0 Å². The summed E-state index contributed by atoms with van der Waals surface area (Å²) in [5.74, 6) is -0.136. The van der Waals surface area contributed by atoms with Crippen molar-refractivity contribution in [2.75, 3.05) is 0 Å². The second kappa shape index (κ2) is 6.05.